The molecule has 0 saturated carbocycles. The van der Waals surface area contributed by atoms with Crippen LogP contribution in [0.4, 0.5) is 0 Å². The van der Waals surface area contributed by atoms with Crippen molar-refractivity contribution in [2.24, 2.45) is 5.10 Å². The summed E-state index contributed by atoms with van der Waals surface area (Å²) in [5.74, 6) is -0.159. The molecule has 8 heteroatoms. The van der Waals surface area contributed by atoms with Crippen LogP contribution in [0.25, 0.3) is 0 Å². The average Bonchev–Trinajstić information content (AvgIpc) is 2.53. The molecule has 0 bridgehead atoms. The second-order valence-corrected chi connectivity index (χ2v) is 6.05. The molecule has 126 valence electrons. The van der Waals surface area contributed by atoms with E-state index in [9.17, 15) is 9.90 Å². The molecule has 1 unspecified atom stereocenters. The highest BCUT2D eigenvalue weighted by Gasteiger charge is 2.15. The molecule has 0 aromatic heterocycles. The summed E-state index contributed by atoms with van der Waals surface area (Å²) in [6.45, 7) is 1.55. The number of halogens is 3. The van der Waals surface area contributed by atoms with E-state index in [-0.39, 0.29) is 5.75 Å². The quantitative estimate of drug-likeness (QED) is 0.594. The van der Waals surface area contributed by atoms with Crippen LogP contribution >= 0.6 is 34.8 Å². The van der Waals surface area contributed by atoms with E-state index in [0.717, 1.165) is 0 Å². The molecule has 24 heavy (non-hydrogen) atoms. The standard InChI is InChI=1S/C16H13Cl3N2O3/c1-9(24-15-5-3-12(18)7-13(15)19)16(23)21-20-8-10-6-11(17)2-4-14(10)22/h2-9,22H,1H3,(H,21,23)/b20-8-. The number of nitrogens with one attached hydrogen (secondary N) is 1. The van der Waals surface area contributed by atoms with E-state index >= 15 is 0 Å². The molecule has 2 N–H and O–H groups in total. The first-order valence-corrected chi connectivity index (χ1v) is 7.93. The largest absolute Gasteiger partial charge is 0.507 e. The fourth-order valence-electron chi connectivity index (χ4n) is 1.70. The van der Waals surface area contributed by atoms with Gasteiger partial charge in [0.1, 0.15) is 11.5 Å². The lowest BCUT2D eigenvalue weighted by molar-refractivity contribution is -0.127. The molecule has 5 nitrogen and oxygen atoms in total. The molecule has 0 aliphatic carbocycles. The van der Waals surface area contributed by atoms with Gasteiger partial charge in [-0.3, -0.25) is 4.79 Å². The van der Waals surface area contributed by atoms with Gasteiger partial charge in [0.15, 0.2) is 6.10 Å². The van der Waals surface area contributed by atoms with E-state index in [2.05, 4.69) is 10.5 Å². The van der Waals surface area contributed by atoms with Crippen LogP contribution in [-0.4, -0.2) is 23.3 Å². The number of carbonyl (C=O) groups excluding carboxylic acids is 1. The van der Waals surface area contributed by atoms with Crippen LogP contribution in [0.5, 0.6) is 11.5 Å². The minimum absolute atomic E-state index is 0.00496. The average molecular weight is 388 g/mol. The SMILES string of the molecule is CC(Oc1ccc(Cl)cc1Cl)C(=O)N/N=C\c1cc(Cl)ccc1O. The smallest absolute Gasteiger partial charge is 0.280 e. The number of ether oxygens (including phenoxy) is 1. The van der Waals surface area contributed by atoms with Crippen molar-refractivity contribution in [3.8, 4) is 11.5 Å². The van der Waals surface area contributed by atoms with Gasteiger partial charge in [0, 0.05) is 15.6 Å². The molecule has 2 aromatic rings. The maximum Gasteiger partial charge on any atom is 0.280 e. The van der Waals surface area contributed by atoms with E-state index in [0.29, 0.717) is 26.4 Å². The third-order valence-corrected chi connectivity index (χ3v) is 3.70. The third kappa shape index (κ3) is 5.03. The first-order chi connectivity index (χ1) is 11.4. The number of rotatable bonds is 5. The molecule has 2 rings (SSSR count). The Balaban J connectivity index is 1.96. The van der Waals surface area contributed by atoms with Crippen molar-refractivity contribution in [2.75, 3.05) is 0 Å². The molecule has 1 atom stereocenters. The predicted octanol–water partition coefficient (Wildman–Crippen LogP) is 4.27. The Morgan fingerprint density at radius 2 is 1.88 bits per heavy atom. The summed E-state index contributed by atoms with van der Waals surface area (Å²) in [4.78, 5) is 12.0. The molecule has 2 aromatic carbocycles. The molecule has 0 heterocycles. The van der Waals surface area contributed by atoms with Gasteiger partial charge in [0.25, 0.3) is 5.91 Å². The summed E-state index contributed by atoms with van der Waals surface area (Å²) in [5.41, 5.74) is 2.68. The molecule has 0 saturated heterocycles. The van der Waals surface area contributed by atoms with Crippen LogP contribution in [-0.2, 0) is 4.79 Å². The van der Waals surface area contributed by atoms with Crippen molar-refractivity contribution in [1.29, 1.82) is 0 Å². The summed E-state index contributed by atoms with van der Waals surface area (Å²) in [6.07, 6.45) is 0.440. The maximum absolute atomic E-state index is 12.0. The van der Waals surface area contributed by atoms with Crippen molar-refractivity contribution in [3.05, 3.63) is 57.0 Å². The Morgan fingerprint density at radius 1 is 1.21 bits per heavy atom. The minimum atomic E-state index is -0.839. The lowest BCUT2D eigenvalue weighted by atomic mass is 10.2. The summed E-state index contributed by atoms with van der Waals surface area (Å²) in [7, 11) is 0. The van der Waals surface area contributed by atoms with Crippen LogP contribution in [0.2, 0.25) is 15.1 Å². The number of nitrogens with zero attached hydrogens (tertiary/aromatic N) is 1. The Labute approximate surface area is 153 Å². The number of hydrogen-bond donors (Lipinski definition) is 2. The zero-order valence-electron chi connectivity index (χ0n) is 12.5. The zero-order valence-corrected chi connectivity index (χ0v) is 14.7. The molecule has 0 aliphatic rings. The molecule has 0 radical (unpaired) electrons. The summed E-state index contributed by atoms with van der Waals surface area (Å²) in [6, 6.07) is 9.18. The van der Waals surface area contributed by atoms with Crippen LogP contribution in [0.15, 0.2) is 41.5 Å². The maximum atomic E-state index is 12.0. The van der Waals surface area contributed by atoms with Gasteiger partial charge in [0.2, 0.25) is 0 Å². The second-order valence-electron chi connectivity index (χ2n) is 4.77. The minimum Gasteiger partial charge on any atom is -0.507 e. The number of phenols is 1. The summed E-state index contributed by atoms with van der Waals surface area (Å²) >= 11 is 17.6. The normalized spacial score (nSPS) is 12.2. The number of hydrazone groups is 1. The third-order valence-electron chi connectivity index (χ3n) is 2.93. The summed E-state index contributed by atoms with van der Waals surface area (Å²) < 4.78 is 5.46. The predicted molar refractivity (Wildman–Crippen MR) is 95.4 cm³/mol. The molecule has 0 fully saturated rings. The molecule has 1 amide bonds. The van der Waals surface area contributed by atoms with Gasteiger partial charge in [-0.1, -0.05) is 34.8 Å². The molecular weight excluding hydrogens is 375 g/mol. The van der Waals surface area contributed by atoms with Gasteiger partial charge >= 0.3 is 0 Å². The number of amides is 1. The molecular formula is C16H13Cl3N2O3. The Bertz CT molecular complexity index is 781. The van der Waals surface area contributed by atoms with E-state index < -0.39 is 12.0 Å². The van der Waals surface area contributed by atoms with Gasteiger partial charge < -0.3 is 9.84 Å². The molecule has 0 aliphatic heterocycles. The van der Waals surface area contributed by atoms with Gasteiger partial charge in [0.05, 0.1) is 11.2 Å². The van der Waals surface area contributed by atoms with Gasteiger partial charge in [-0.2, -0.15) is 5.10 Å². The number of aromatic hydroxyl groups is 1. The van der Waals surface area contributed by atoms with Crippen molar-refractivity contribution >= 4 is 46.9 Å². The Morgan fingerprint density at radius 3 is 2.58 bits per heavy atom. The van der Waals surface area contributed by atoms with Gasteiger partial charge in [-0.15, -0.1) is 0 Å². The van der Waals surface area contributed by atoms with E-state index in [4.69, 9.17) is 39.5 Å². The van der Waals surface area contributed by atoms with Crippen LogP contribution in [0, 0.1) is 0 Å². The first-order valence-electron chi connectivity index (χ1n) is 6.80. The number of carbonyl (C=O) groups is 1. The van der Waals surface area contributed by atoms with E-state index in [1.807, 2.05) is 0 Å². The number of benzene rings is 2. The number of hydrogen-bond acceptors (Lipinski definition) is 4. The van der Waals surface area contributed by atoms with Crippen molar-refractivity contribution < 1.29 is 14.6 Å². The van der Waals surface area contributed by atoms with E-state index in [1.54, 1.807) is 25.1 Å². The number of phenolic OH excluding ortho intramolecular Hbond substituents is 1. The highest BCUT2D eigenvalue weighted by molar-refractivity contribution is 6.35. The monoisotopic (exact) mass is 386 g/mol. The zero-order chi connectivity index (χ0) is 17.7. The van der Waals surface area contributed by atoms with Crippen LogP contribution < -0.4 is 10.2 Å². The van der Waals surface area contributed by atoms with E-state index in [1.165, 1.54) is 24.4 Å². The van der Waals surface area contributed by atoms with Crippen molar-refractivity contribution in [1.82, 2.24) is 5.43 Å². The van der Waals surface area contributed by atoms with Crippen molar-refractivity contribution in [2.45, 2.75) is 13.0 Å². The fourth-order valence-corrected chi connectivity index (χ4v) is 2.33. The Hall–Kier alpha value is -1.95. The topological polar surface area (TPSA) is 70.9 Å². The lowest BCUT2D eigenvalue weighted by Crippen LogP contribution is -2.33. The first kappa shape index (κ1) is 18.4. The highest BCUT2D eigenvalue weighted by atomic mass is 35.5. The fraction of sp³-hybridized carbons (Fsp3) is 0.125. The van der Waals surface area contributed by atoms with Crippen LogP contribution in [0.1, 0.15) is 12.5 Å². The van der Waals surface area contributed by atoms with Crippen molar-refractivity contribution in [3.63, 3.8) is 0 Å². The summed E-state index contributed by atoms with van der Waals surface area (Å²) in [5, 5.41) is 14.6. The lowest BCUT2D eigenvalue weighted by Gasteiger charge is -2.14. The Kier molecular flexibility index (Phi) is 6.31. The van der Waals surface area contributed by atoms with Crippen LogP contribution in [0.3, 0.4) is 0 Å². The second kappa shape index (κ2) is 8.24. The molecule has 0 spiro atoms. The highest BCUT2D eigenvalue weighted by Crippen LogP contribution is 2.28. The van der Waals surface area contributed by atoms with Gasteiger partial charge in [-0.25, -0.2) is 5.43 Å². The van der Waals surface area contributed by atoms with Gasteiger partial charge in [-0.05, 0) is 43.3 Å².